The predicted octanol–water partition coefficient (Wildman–Crippen LogP) is 2.98. The molecule has 16 heavy (non-hydrogen) atoms. The molecule has 0 heterocycles. The van der Waals surface area contributed by atoms with Gasteiger partial charge in [0.2, 0.25) is 0 Å². The summed E-state index contributed by atoms with van der Waals surface area (Å²) in [4.78, 5) is 0. The lowest BCUT2D eigenvalue weighted by Gasteiger charge is -2.14. The van der Waals surface area contributed by atoms with Gasteiger partial charge >= 0.3 is 0 Å². The molecule has 2 nitrogen and oxygen atoms in total. The van der Waals surface area contributed by atoms with Gasteiger partial charge in [0.25, 0.3) is 0 Å². The first-order valence-electron chi connectivity index (χ1n) is 5.65. The van der Waals surface area contributed by atoms with Gasteiger partial charge < -0.3 is 9.84 Å². The van der Waals surface area contributed by atoms with Crippen LogP contribution in [-0.2, 0) is 12.8 Å². The molecule has 88 valence electrons. The van der Waals surface area contributed by atoms with Crippen LogP contribution in [0.5, 0.6) is 5.75 Å². The molecule has 0 spiro atoms. The molecule has 0 amide bonds. The molecule has 0 aromatic heterocycles. The Morgan fingerprint density at radius 1 is 1.38 bits per heavy atom. The lowest BCUT2D eigenvalue weighted by Crippen LogP contribution is -2.12. The number of rotatable bonds is 4. The normalized spacial score (nSPS) is 17.2. The molecule has 0 unspecified atom stereocenters. The molecule has 1 saturated carbocycles. The van der Waals surface area contributed by atoms with E-state index in [1.165, 1.54) is 5.56 Å². The smallest absolute Gasteiger partial charge is 0.137 e. The van der Waals surface area contributed by atoms with Crippen molar-refractivity contribution in [2.24, 2.45) is 0 Å². The summed E-state index contributed by atoms with van der Waals surface area (Å²) < 4.78 is 5.19. The Morgan fingerprint density at radius 3 is 2.56 bits per heavy atom. The van der Waals surface area contributed by atoms with Gasteiger partial charge in [-0.3, -0.25) is 0 Å². The van der Waals surface area contributed by atoms with E-state index in [-0.39, 0.29) is 0 Å². The van der Waals surface area contributed by atoms with Gasteiger partial charge in [0, 0.05) is 6.42 Å². The standard InChI is InChI=1S/C13H17ClO2/c1-3-9-7-12(16-2)11(14)6-10(9)8-13(15)4-5-13/h6-7,15H,3-5,8H2,1-2H3. The maximum atomic E-state index is 9.95. The van der Waals surface area contributed by atoms with Crippen LogP contribution in [0.4, 0.5) is 0 Å². The molecule has 0 aliphatic heterocycles. The zero-order valence-electron chi connectivity index (χ0n) is 9.72. The maximum absolute atomic E-state index is 9.95. The van der Waals surface area contributed by atoms with Crippen molar-refractivity contribution < 1.29 is 9.84 Å². The molecule has 1 aromatic carbocycles. The fourth-order valence-electron chi connectivity index (χ4n) is 1.96. The lowest BCUT2D eigenvalue weighted by atomic mass is 9.98. The van der Waals surface area contributed by atoms with Crippen molar-refractivity contribution >= 4 is 11.6 Å². The summed E-state index contributed by atoms with van der Waals surface area (Å²) in [6.45, 7) is 2.10. The van der Waals surface area contributed by atoms with Crippen LogP contribution in [0.3, 0.4) is 0 Å². The van der Waals surface area contributed by atoms with Gasteiger partial charge in [0.1, 0.15) is 5.75 Å². The van der Waals surface area contributed by atoms with E-state index in [1.54, 1.807) is 7.11 Å². The highest BCUT2D eigenvalue weighted by atomic mass is 35.5. The van der Waals surface area contributed by atoms with Crippen LogP contribution < -0.4 is 4.74 Å². The van der Waals surface area contributed by atoms with E-state index in [9.17, 15) is 5.11 Å². The zero-order valence-corrected chi connectivity index (χ0v) is 10.5. The second-order valence-corrected chi connectivity index (χ2v) is 4.92. The third-order valence-electron chi connectivity index (χ3n) is 3.20. The molecule has 1 N–H and O–H groups in total. The van der Waals surface area contributed by atoms with Gasteiger partial charge in [-0.15, -0.1) is 0 Å². The van der Waals surface area contributed by atoms with Crippen molar-refractivity contribution in [1.82, 2.24) is 0 Å². The van der Waals surface area contributed by atoms with Gasteiger partial charge in [0.15, 0.2) is 0 Å². The Morgan fingerprint density at radius 2 is 2.06 bits per heavy atom. The molecule has 3 heteroatoms. The number of aliphatic hydroxyl groups is 1. The quantitative estimate of drug-likeness (QED) is 0.877. The van der Waals surface area contributed by atoms with Gasteiger partial charge in [-0.25, -0.2) is 0 Å². The van der Waals surface area contributed by atoms with E-state index >= 15 is 0 Å². The number of methoxy groups -OCH3 is 1. The predicted molar refractivity (Wildman–Crippen MR) is 65.3 cm³/mol. The van der Waals surface area contributed by atoms with Crippen LogP contribution in [0.15, 0.2) is 12.1 Å². The summed E-state index contributed by atoms with van der Waals surface area (Å²) in [6.07, 6.45) is 3.44. The molecule has 0 radical (unpaired) electrons. The highest BCUT2D eigenvalue weighted by Crippen LogP contribution is 2.40. The zero-order chi connectivity index (χ0) is 11.8. The third kappa shape index (κ3) is 2.33. The molecular weight excluding hydrogens is 224 g/mol. The SMILES string of the molecule is CCc1cc(OC)c(Cl)cc1CC1(O)CC1. The van der Waals surface area contributed by atoms with Gasteiger partial charge in [-0.05, 0) is 42.5 Å². The van der Waals surface area contributed by atoms with E-state index in [2.05, 4.69) is 6.92 Å². The van der Waals surface area contributed by atoms with Crippen LogP contribution in [0.25, 0.3) is 0 Å². The number of hydrogen-bond donors (Lipinski definition) is 1. The first-order chi connectivity index (χ1) is 7.58. The van der Waals surface area contributed by atoms with Crippen LogP contribution in [0, 0.1) is 0 Å². The van der Waals surface area contributed by atoms with Crippen molar-refractivity contribution in [3.8, 4) is 5.75 Å². The summed E-state index contributed by atoms with van der Waals surface area (Å²) in [7, 11) is 1.62. The van der Waals surface area contributed by atoms with Crippen molar-refractivity contribution in [1.29, 1.82) is 0 Å². The number of ether oxygens (including phenoxy) is 1. The van der Waals surface area contributed by atoms with Gasteiger partial charge in [0.05, 0.1) is 17.7 Å². The minimum absolute atomic E-state index is 0.470. The minimum atomic E-state index is -0.470. The Bertz CT molecular complexity index is 397. The molecule has 0 atom stereocenters. The minimum Gasteiger partial charge on any atom is -0.495 e. The van der Waals surface area contributed by atoms with Crippen LogP contribution in [-0.4, -0.2) is 17.8 Å². The summed E-state index contributed by atoms with van der Waals surface area (Å²) in [5.74, 6) is 0.713. The van der Waals surface area contributed by atoms with Gasteiger partial charge in [-0.1, -0.05) is 18.5 Å². The molecule has 0 saturated heterocycles. The second-order valence-electron chi connectivity index (χ2n) is 4.51. The van der Waals surface area contributed by atoms with Crippen molar-refractivity contribution in [2.75, 3.05) is 7.11 Å². The number of benzene rings is 1. The monoisotopic (exact) mass is 240 g/mol. The van der Waals surface area contributed by atoms with Crippen molar-refractivity contribution in [2.45, 2.75) is 38.2 Å². The molecule has 1 fully saturated rings. The topological polar surface area (TPSA) is 29.5 Å². The highest BCUT2D eigenvalue weighted by molar-refractivity contribution is 6.32. The largest absolute Gasteiger partial charge is 0.495 e. The third-order valence-corrected chi connectivity index (χ3v) is 3.50. The van der Waals surface area contributed by atoms with Crippen LogP contribution in [0.2, 0.25) is 5.02 Å². The summed E-state index contributed by atoms with van der Waals surface area (Å²) in [5, 5.41) is 10.6. The average molecular weight is 241 g/mol. The maximum Gasteiger partial charge on any atom is 0.137 e. The van der Waals surface area contributed by atoms with Crippen LogP contribution >= 0.6 is 11.6 Å². The lowest BCUT2D eigenvalue weighted by molar-refractivity contribution is 0.150. The Kier molecular flexibility index (Phi) is 3.13. The molecule has 1 aliphatic carbocycles. The Hall–Kier alpha value is -0.730. The first kappa shape index (κ1) is 11.7. The van der Waals surface area contributed by atoms with E-state index in [0.29, 0.717) is 17.2 Å². The van der Waals surface area contributed by atoms with Crippen molar-refractivity contribution in [3.63, 3.8) is 0 Å². The number of hydrogen-bond acceptors (Lipinski definition) is 2. The van der Waals surface area contributed by atoms with E-state index in [4.69, 9.17) is 16.3 Å². The fourth-order valence-corrected chi connectivity index (χ4v) is 2.23. The van der Waals surface area contributed by atoms with Crippen molar-refractivity contribution in [3.05, 3.63) is 28.3 Å². The van der Waals surface area contributed by atoms with Gasteiger partial charge in [-0.2, -0.15) is 0 Å². The van der Waals surface area contributed by atoms with Crippen LogP contribution in [0.1, 0.15) is 30.9 Å². The fraction of sp³-hybridized carbons (Fsp3) is 0.538. The number of halogens is 1. The van der Waals surface area contributed by atoms with E-state index < -0.39 is 5.60 Å². The number of aryl methyl sites for hydroxylation is 1. The molecular formula is C13H17ClO2. The Labute approximate surface area is 101 Å². The second kappa shape index (κ2) is 4.27. The Balaban J connectivity index is 2.32. The molecule has 1 aliphatic rings. The summed E-state index contributed by atoms with van der Waals surface area (Å²) in [5.41, 5.74) is 1.89. The highest BCUT2D eigenvalue weighted by Gasteiger charge is 2.40. The first-order valence-corrected chi connectivity index (χ1v) is 6.03. The van der Waals surface area contributed by atoms with E-state index in [1.807, 2.05) is 12.1 Å². The summed E-state index contributed by atoms with van der Waals surface area (Å²) >= 11 is 6.10. The molecule has 0 bridgehead atoms. The summed E-state index contributed by atoms with van der Waals surface area (Å²) in [6, 6.07) is 3.90. The molecule has 1 aromatic rings. The molecule has 2 rings (SSSR count). The average Bonchev–Trinajstić information content (AvgIpc) is 2.96. The van der Waals surface area contributed by atoms with E-state index in [0.717, 1.165) is 24.8 Å².